The number of hydrogen-bond acceptors (Lipinski definition) is 3. The first-order chi connectivity index (χ1) is 10.6. The maximum atomic E-state index is 12.0. The Morgan fingerprint density at radius 3 is 2.64 bits per heavy atom. The summed E-state index contributed by atoms with van der Waals surface area (Å²) in [5.41, 5.74) is 1.57. The Labute approximate surface area is 134 Å². The van der Waals surface area contributed by atoms with E-state index in [2.05, 4.69) is 10.6 Å². The van der Waals surface area contributed by atoms with Crippen LogP contribution < -0.4 is 10.6 Å². The van der Waals surface area contributed by atoms with Gasteiger partial charge in [-0.1, -0.05) is 24.3 Å². The van der Waals surface area contributed by atoms with Crippen molar-refractivity contribution in [3.63, 3.8) is 0 Å². The van der Waals surface area contributed by atoms with Crippen molar-refractivity contribution in [2.45, 2.75) is 26.3 Å². The lowest BCUT2D eigenvalue weighted by Gasteiger charge is -2.12. The number of nitrogens with one attached hydrogen (secondary N) is 2. The number of amides is 2. The summed E-state index contributed by atoms with van der Waals surface area (Å²) in [7, 11) is 0. The molecule has 4 nitrogen and oxygen atoms in total. The van der Waals surface area contributed by atoms with Crippen LogP contribution in [-0.4, -0.2) is 18.4 Å². The Morgan fingerprint density at radius 2 is 1.95 bits per heavy atom. The van der Waals surface area contributed by atoms with Gasteiger partial charge in [0.2, 0.25) is 5.91 Å². The van der Waals surface area contributed by atoms with E-state index < -0.39 is 0 Å². The zero-order valence-electron chi connectivity index (χ0n) is 12.8. The van der Waals surface area contributed by atoms with Gasteiger partial charge in [0, 0.05) is 23.4 Å². The average Bonchev–Trinajstić information content (AvgIpc) is 3.01. The summed E-state index contributed by atoms with van der Waals surface area (Å²) in [6, 6.07) is 11.4. The first-order valence-electron chi connectivity index (χ1n) is 7.24. The van der Waals surface area contributed by atoms with E-state index in [1.807, 2.05) is 49.6 Å². The second-order valence-corrected chi connectivity index (χ2v) is 6.10. The third-order valence-corrected chi connectivity index (χ3v) is 4.43. The van der Waals surface area contributed by atoms with Gasteiger partial charge in [-0.05, 0) is 36.9 Å². The zero-order valence-corrected chi connectivity index (χ0v) is 13.6. The molecular weight excluding hydrogens is 296 g/mol. The van der Waals surface area contributed by atoms with E-state index in [1.54, 1.807) is 17.4 Å². The number of carbonyl (C=O) groups is 2. The Balaban J connectivity index is 1.75. The summed E-state index contributed by atoms with van der Waals surface area (Å²) in [5, 5.41) is 7.70. The topological polar surface area (TPSA) is 58.2 Å². The van der Waals surface area contributed by atoms with Crippen molar-refractivity contribution in [1.82, 2.24) is 10.6 Å². The molecule has 2 N–H and O–H groups in total. The van der Waals surface area contributed by atoms with Crippen molar-refractivity contribution in [3.05, 3.63) is 57.8 Å². The first-order valence-corrected chi connectivity index (χ1v) is 8.12. The fraction of sp³-hybridized carbons (Fsp3) is 0.294. The molecule has 1 aromatic carbocycles. The van der Waals surface area contributed by atoms with Gasteiger partial charge in [-0.25, -0.2) is 0 Å². The Kier molecular flexibility index (Phi) is 5.72. The van der Waals surface area contributed by atoms with Crippen molar-refractivity contribution in [2.75, 3.05) is 6.54 Å². The van der Waals surface area contributed by atoms with Crippen LogP contribution in [0.1, 0.15) is 40.2 Å². The fourth-order valence-electron chi connectivity index (χ4n) is 2.13. The molecule has 2 amide bonds. The Bertz CT molecular complexity index is 638. The van der Waals surface area contributed by atoms with Gasteiger partial charge in [0.15, 0.2) is 0 Å². The molecule has 1 aromatic heterocycles. The Morgan fingerprint density at radius 1 is 1.18 bits per heavy atom. The molecule has 2 aromatic rings. The summed E-state index contributed by atoms with van der Waals surface area (Å²) < 4.78 is 0. The summed E-state index contributed by atoms with van der Waals surface area (Å²) in [6.07, 6.45) is 0.271. The second kappa shape index (κ2) is 7.75. The third kappa shape index (κ3) is 4.43. The minimum atomic E-state index is -0.141. The summed E-state index contributed by atoms with van der Waals surface area (Å²) in [4.78, 5) is 25.0. The molecule has 1 unspecified atom stereocenters. The van der Waals surface area contributed by atoms with E-state index in [-0.39, 0.29) is 24.3 Å². The minimum Gasteiger partial charge on any atom is -0.352 e. The van der Waals surface area contributed by atoms with Gasteiger partial charge in [0.05, 0.1) is 6.04 Å². The van der Waals surface area contributed by atoms with Crippen LogP contribution in [0.15, 0.2) is 41.8 Å². The van der Waals surface area contributed by atoms with Crippen LogP contribution in [-0.2, 0) is 4.79 Å². The van der Waals surface area contributed by atoms with Gasteiger partial charge in [0.1, 0.15) is 0 Å². The highest BCUT2D eigenvalue weighted by Gasteiger charge is 2.11. The van der Waals surface area contributed by atoms with E-state index in [0.717, 1.165) is 10.4 Å². The molecule has 0 saturated carbocycles. The molecule has 2 rings (SSSR count). The molecule has 0 radical (unpaired) electrons. The number of thiophene rings is 1. The molecule has 116 valence electrons. The van der Waals surface area contributed by atoms with Gasteiger partial charge in [-0.2, -0.15) is 0 Å². The number of hydrogen-bond donors (Lipinski definition) is 2. The van der Waals surface area contributed by atoms with E-state index in [9.17, 15) is 9.59 Å². The van der Waals surface area contributed by atoms with E-state index in [4.69, 9.17) is 0 Å². The molecule has 0 saturated heterocycles. The number of rotatable bonds is 6. The minimum absolute atomic E-state index is 0.000399. The summed E-state index contributed by atoms with van der Waals surface area (Å²) >= 11 is 1.62. The van der Waals surface area contributed by atoms with Crippen LogP contribution in [0.25, 0.3) is 0 Å². The molecule has 0 aliphatic carbocycles. The largest absolute Gasteiger partial charge is 0.352 e. The molecule has 22 heavy (non-hydrogen) atoms. The molecule has 0 bridgehead atoms. The Hall–Kier alpha value is -2.14. The maximum Gasteiger partial charge on any atom is 0.251 e. The van der Waals surface area contributed by atoms with E-state index in [1.165, 1.54) is 0 Å². The normalized spacial score (nSPS) is 11.7. The molecule has 0 spiro atoms. The van der Waals surface area contributed by atoms with Gasteiger partial charge in [-0.3, -0.25) is 9.59 Å². The summed E-state index contributed by atoms with van der Waals surface area (Å²) in [6.45, 7) is 4.18. The first kappa shape index (κ1) is 16.2. The van der Waals surface area contributed by atoms with Crippen LogP contribution in [0, 0.1) is 6.92 Å². The van der Waals surface area contributed by atoms with E-state index >= 15 is 0 Å². The predicted octanol–water partition coefficient (Wildman–Crippen LogP) is 3.05. The lowest BCUT2D eigenvalue weighted by atomic mass is 10.1. The molecular formula is C17H20N2O2S. The third-order valence-electron chi connectivity index (χ3n) is 3.37. The van der Waals surface area contributed by atoms with Crippen molar-refractivity contribution in [2.24, 2.45) is 0 Å². The summed E-state index contributed by atoms with van der Waals surface area (Å²) in [5.74, 6) is -0.205. The van der Waals surface area contributed by atoms with Gasteiger partial charge in [0.25, 0.3) is 5.91 Å². The zero-order chi connectivity index (χ0) is 15.9. The van der Waals surface area contributed by atoms with Crippen LogP contribution in [0.2, 0.25) is 0 Å². The van der Waals surface area contributed by atoms with Crippen LogP contribution in [0.4, 0.5) is 0 Å². The van der Waals surface area contributed by atoms with E-state index in [0.29, 0.717) is 12.1 Å². The smallest absolute Gasteiger partial charge is 0.251 e. The van der Waals surface area contributed by atoms with Gasteiger partial charge < -0.3 is 10.6 Å². The highest BCUT2D eigenvalue weighted by atomic mass is 32.1. The fourth-order valence-corrected chi connectivity index (χ4v) is 2.87. The SMILES string of the molecule is Cc1ccccc1C(=O)NCCC(=O)NC(C)c1cccs1. The maximum absolute atomic E-state index is 12.0. The standard InChI is InChI=1S/C17H20N2O2S/c1-12-6-3-4-7-14(12)17(21)18-10-9-16(20)19-13(2)15-8-5-11-22-15/h3-8,11,13H,9-10H2,1-2H3,(H,18,21)(H,19,20). The van der Waals surface area contributed by atoms with Crippen molar-refractivity contribution >= 4 is 23.2 Å². The predicted molar refractivity (Wildman–Crippen MR) is 89.0 cm³/mol. The molecule has 5 heteroatoms. The van der Waals surface area contributed by atoms with Gasteiger partial charge >= 0.3 is 0 Å². The second-order valence-electron chi connectivity index (χ2n) is 5.13. The monoisotopic (exact) mass is 316 g/mol. The number of carbonyl (C=O) groups excluding carboxylic acids is 2. The van der Waals surface area contributed by atoms with Crippen LogP contribution >= 0.6 is 11.3 Å². The van der Waals surface area contributed by atoms with Crippen molar-refractivity contribution in [1.29, 1.82) is 0 Å². The molecule has 1 atom stereocenters. The lowest BCUT2D eigenvalue weighted by molar-refractivity contribution is -0.121. The molecule has 1 heterocycles. The quantitative estimate of drug-likeness (QED) is 0.860. The number of benzene rings is 1. The van der Waals surface area contributed by atoms with Crippen molar-refractivity contribution < 1.29 is 9.59 Å². The van der Waals surface area contributed by atoms with Crippen molar-refractivity contribution in [3.8, 4) is 0 Å². The number of aryl methyl sites for hydroxylation is 1. The highest BCUT2D eigenvalue weighted by Crippen LogP contribution is 2.17. The van der Waals surface area contributed by atoms with Crippen LogP contribution in [0.3, 0.4) is 0 Å². The van der Waals surface area contributed by atoms with Gasteiger partial charge in [-0.15, -0.1) is 11.3 Å². The molecule has 0 aliphatic rings. The lowest BCUT2D eigenvalue weighted by Crippen LogP contribution is -2.32. The molecule has 0 aliphatic heterocycles. The molecule has 0 fully saturated rings. The average molecular weight is 316 g/mol. The highest BCUT2D eigenvalue weighted by molar-refractivity contribution is 7.10. The van der Waals surface area contributed by atoms with Crippen LogP contribution in [0.5, 0.6) is 0 Å².